The Morgan fingerprint density at radius 2 is 1.36 bits per heavy atom. The lowest BCUT2D eigenvalue weighted by Crippen LogP contribution is -2.27. The van der Waals surface area contributed by atoms with E-state index in [0.29, 0.717) is 5.92 Å². The number of rotatable bonds is 6. The van der Waals surface area contributed by atoms with Crippen molar-refractivity contribution in [3.8, 4) is 0 Å². The number of anilines is 2. The van der Waals surface area contributed by atoms with Crippen molar-refractivity contribution in [2.75, 3.05) is 30.4 Å². The molecule has 2 rings (SSSR count). The van der Waals surface area contributed by atoms with Gasteiger partial charge in [0.2, 0.25) is 0 Å². The fourth-order valence-corrected chi connectivity index (χ4v) is 2.58. The molecule has 2 heteroatoms. The summed E-state index contributed by atoms with van der Waals surface area (Å²) < 4.78 is 0. The van der Waals surface area contributed by atoms with Gasteiger partial charge in [0.25, 0.3) is 0 Å². The highest BCUT2D eigenvalue weighted by Gasteiger charge is 2.09. The highest BCUT2D eigenvalue weighted by atomic mass is 15.1. The molecule has 0 radical (unpaired) electrons. The molecule has 0 aliphatic heterocycles. The van der Waals surface area contributed by atoms with E-state index in [1.807, 2.05) is 0 Å². The Labute approximate surface area is 135 Å². The lowest BCUT2D eigenvalue weighted by atomic mass is 10.1. The summed E-state index contributed by atoms with van der Waals surface area (Å²) in [5.41, 5.74) is 5.21. The highest BCUT2D eigenvalue weighted by Crippen LogP contribution is 2.21. The summed E-state index contributed by atoms with van der Waals surface area (Å²) in [7, 11) is 4.15. The number of benzene rings is 2. The molecule has 0 aliphatic rings. The van der Waals surface area contributed by atoms with Gasteiger partial charge in [0.05, 0.1) is 0 Å². The monoisotopic (exact) mass is 296 g/mol. The first kappa shape index (κ1) is 16.4. The average molecular weight is 296 g/mol. The lowest BCUT2D eigenvalue weighted by Gasteiger charge is -2.27. The van der Waals surface area contributed by atoms with Gasteiger partial charge < -0.3 is 9.80 Å². The minimum Gasteiger partial charge on any atom is -0.378 e. The quantitative estimate of drug-likeness (QED) is 0.761. The molecule has 0 amide bonds. The number of hydrogen-bond donors (Lipinski definition) is 0. The van der Waals surface area contributed by atoms with Gasteiger partial charge in [-0.2, -0.15) is 0 Å². The Morgan fingerprint density at radius 3 is 1.86 bits per heavy atom. The second kappa shape index (κ2) is 7.35. The molecule has 0 bridgehead atoms. The van der Waals surface area contributed by atoms with Gasteiger partial charge in [-0.05, 0) is 42.7 Å². The largest absolute Gasteiger partial charge is 0.378 e. The molecule has 0 fully saturated rings. The van der Waals surface area contributed by atoms with Gasteiger partial charge in [-0.1, -0.05) is 43.7 Å². The zero-order valence-electron chi connectivity index (χ0n) is 14.5. The van der Waals surface area contributed by atoms with E-state index in [1.165, 1.54) is 22.5 Å². The molecule has 0 heterocycles. The van der Waals surface area contributed by atoms with Crippen molar-refractivity contribution < 1.29 is 0 Å². The molecule has 0 saturated heterocycles. The number of aryl methyl sites for hydroxylation is 1. The molecule has 0 aromatic heterocycles. The van der Waals surface area contributed by atoms with Crippen LogP contribution in [0.4, 0.5) is 11.4 Å². The van der Waals surface area contributed by atoms with Crippen molar-refractivity contribution in [2.24, 2.45) is 5.92 Å². The third-order valence-corrected chi connectivity index (χ3v) is 3.81. The number of hydrogen-bond acceptors (Lipinski definition) is 2. The van der Waals surface area contributed by atoms with Gasteiger partial charge in [0, 0.05) is 38.6 Å². The molecule has 0 atom stereocenters. The third-order valence-electron chi connectivity index (χ3n) is 3.81. The van der Waals surface area contributed by atoms with Crippen LogP contribution in [-0.4, -0.2) is 20.6 Å². The fourth-order valence-electron chi connectivity index (χ4n) is 2.58. The Balaban J connectivity index is 2.17. The van der Waals surface area contributed by atoms with E-state index in [1.54, 1.807) is 0 Å². The normalized spacial score (nSPS) is 10.8. The summed E-state index contributed by atoms with van der Waals surface area (Å²) >= 11 is 0. The smallest absolute Gasteiger partial charge is 0.0429 e. The molecule has 0 spiro atoms. The van der Waals surface area contributed by atoms with Crippen LogP contribution in [0.2, 0.25) is 0 Å². The second-order valence-corrected chi connectivity index (χ2v) is 6.67. The van der Waals surface area contributed by atoms with Gasteiger partial charge in [-0.3, -0.25) is 0 Å². The first-order valence-electron chi connectivity index (χ1n) is 8.03. The summed E-state index contributed by atoms with van der Waals surface area (Å²) in [6, 6.07) is 17.7. The first-order chi connectivity index (χ1) is 10.5. The van der Waals surface area contributed by atoms with E-state index < -0.39 is 0 Å². The van der Waals surface area contributed by atoms with Crippen LogP contribution in [-0.2, 0) is 6.54 Å². The van der Waals surface area contributed by atoms with Crippen molar-refractivity contribution in [1.82, 2.24) is 0 Å². The summed E-state index contributed by atoms with van der Waals surface area (Å²) in [5, 5.41) is 0. The van der Waals surface area contributed by atoms with E-state index in [2.05, 4.69) is 93.2 Å². The average Bonchev–Trinajstić information content (AvgIpc) is 2.47. The number of nitrogens with zero attached hydrogens (tertiary/aromatic N) is 2. The van der Waals surface area contributed by atoms with E-state index in [4.69, 9.17) is 0 Å². The van der Waals surface area contributed by atoms with Crippen LogP contribution in [0, 0.1) is 12.8 Å². The minimum atomic E-state index is 0.641. The molecule has 2 aromatic carbocycles. The Morgan fingerprint density at radius 1 is 0.818 bits per heavy atom. The zero-order chi connectivity index (χ0) is 16.1. The van der Waals surface area contributed by atoms with Gasteiger partial charge >= 0.3 is 0 Å². The van der Waals surface area contributed by atoms with Crippen molar-refractivity contribution >= 4 is 11.4 Å². The summed E-state index contributed by atoms with van der Waals surface area (Å²) in [5.74, 6) is 0.641. The maximum Gasteiger partial charge on any atom is 0.0429 e. The van der Waals surface area contributed by atoms with Crippen LogP contribution in [0.25, 0.3) is 0 Å². The van der Waals surface area contributed by atoms with Gasteiger partial charge in [-0.15, -0.1) is 0 Å². The van der Waals surface area contributed by atoms with Gasteiger partial charge in [0.1, 0.15) is 0 Å². The molecule has 22 heavy (non-hydrogen) atoms. The summed E-state index contributed by atoms with van der Waals surface area (Å²) in [4.78, 5) is 4.60. The van der Waals surface area contributed by atoms with Crippen molar-refractivity contribution in [2.45, 2.75) is 27.3 Å². The van der Waals surface area contributed by atoms with Crippen LogP contribution < -0.4 is 9.80 Å². The van der Waals surface area contributed by atoms with E-state index in [0.717, 1.165) is 13.1 Å². The van der Waals surface area contributed by atoms with Crippen LogP contribution >= 0.6 is 0 Å². The van der Waals surface area contributed by atoms with Crippen LogP contribution in [0.1, 0.15) is 25.0 Å². The van der Waals surface area contributed by atoms with Crippen LogP contribution in [0.3, 0.4) is 0 Å². The third kappa shape index (κ3) is 4.52. The molecule has 0 saturated carbocycles. The van der Waals surface area contributed by atoms with Crippen LogP contribution in [0.15, 0.2) is 48.5 Å². The molecule has 0 unspecified atom stereocenters. The van der Waals surface area contributed by atoms with E-state index in [9.17, 15) is 0 Å². The molecule has 0 N–H and O–H groups in total. The highest BCUT2D eigenvalue weighted by molar-refractivity contribution is 5.50. The summed E-state index contributed by atoms with van der Waals surface area (Å²) in [6.07, 6.45) is 0. The predicted molar refractivity (Wildman–Crippen MR) is 97.8 cm³/mol. The first-order valence-corrected chi connectivity index (χ1v) is 8.03. The van der Waals surface area contributed by atoms with E-state index in [-0.39, 0.29) is 0 Å². The van der Waals surface area contributed by atoms with Crippen molar-refractivity contribution in [3.63, 3.8) is 0 Å². The molecular weight excluding hydrogens is 268 g/mol. The Bertz CT molecular complexity index is 568. The van der Waals surface area contributed by atoms with Crippen molar-refractivity contribution in [1.29, 1.82) is 0 Å². The van der Waals surface area contributed by atoms with E-state index >= 15 is 0 Å². The topological polar surface area (TPSA) is 6.48 Å². The molecule has 0 aliphatic carbocycles. The SMILES string of the molecule is Cc1ccc(N(Cc2ccc(N(C)C)cc2)CC(C)C)cc1. The fraction of sp³-hybridized carbons (Fsp3) is 0.400. The Kier molecular flexibility index (Phi) is 5.48. The maximum absolute atomic E-state index is 2.47. The minimum absolute atomic E-state index is 0.641. The van der Waals surface area contributed by atoms with Crippen molar-refractivity contribution in [3.05, 3.63) is 59.7 Å². The molecule has 2 aromatic rings. The second-order valence-electron chi connectivity index (χ2n) is 6.67. The van der Waals surface area contributed by atoms with Gasteiger partial charge in [0.15, 0.2) is 0 Å². The molecular formula is C20H28N2. The van der Waals surface area contributed by atoms with Crippen LogP contribution in [0.5, 0.6) is 0 Å². The Hall–Kier alpha value is -1.96. The standard InChI is InChI=1S/C20H28N2/c1-16(2)14-22(20-10-6-17(3)7-11-20)15-18-8-12-19(13-9-18)21(4)5/h6-13,16H,14-15H2,1-5H3. The lowest BCUT2D eigenvalue weighted by molar-refractivity contribution is 0.609. The maximum atomic E-state index is 2.47. The molecule has 118 valence electrons. The summed E-state index contributed by atoms with van der Waals surface area (Å²) in [6.45, 7) is 8.71. The van der Waals surface area contributed by atoms with Gasteiger partial charge in [-0.25, -0.2) is 0 Å². The predicted octanol–water partition coefficient (Wildman–Crippen LogP) is 4.72. The zero-order valence-corrected chi connectivity index (χ0v) is 14.5. The molecule has 2 nitrogen and oxygen atoms in total.